The number of hydrogen-bond acceptors (Lipinski definition) is 5. The first-order valence-electron chi connectivity index (χ1n) is 10.4. The summed E-state index contributed by atoms with van der Waals surface area (Å²) in [6.07, 6.45) is 6.16. The molecule has 2 heterocycles. The van der Waals surface area contributed by atoms with Gasteiger partial charge in [0, 0.05) is 38.1 Å². The Labute approximate surface area is 183 Å². The number of nitrogens with one attached hydrogen (secondary N) is 2. The van der Waals surface area contributed by atoms with Crippen LogP contribution in [0.4, 0.5) is 0 Å². The molecule has 1 fully saturated rings. The van der Waals surface area contributed by atoms with Gasteiger partial charge in [0.05, 0.1) is 4.90 Å². The highest BCUT2D eigenvalue weighted by atomic mass is 32.2. The normalized spacial score (nSPS) is 17.1. The molecule has 9 heteroatoms. The van der Waals surface area contributed by atoms with Crippen LogP contribution in [0.5, 0.6) is 0 Å². The van der Waals surface area contributed by atoms with Gasteiger partial charge in [-0.3, -0.25) is 14.6 Å². The summed E-state index contributed by atoms with van der Waals surface area (Å²) in [5, 5.41) is 5.16. The molecule has 0 bridgehead atoms. The van der Waals surface area contributed by atoms with Crippen molar-refractivity contribution in [2.24, 2.45) is 0 Å². The van der Waals surface area contributed by atoms with Gasteiger partial charge in [-0.2, -0.15) is 4.31 Å². The van der Waals surface area contributed by atoms with Crippen molar-refractivity contribution in [3.63, 3.8) is 0 Å². The van der Waals surface area contributed by atoms with Crippen LogP contribution in [0.25, 0.3) is 0 Å². The molecule has 8 nitrogen and oxygen atoms in total. The van der Waals surface area contributed by atoms with Crippen molar-refractivity contribution in [1.29, 1.82) is 0 Å². The average molecular weight is 445 g/mol. The van der Waals surface area contributed by atoms with Crippen LogP contribution in [0, 0.1) is 6.92 Å². The summed E-state index contributed by atoms with van der Waals surface area (Å²) in [4.78, 5) is 28.2. The van der Waals surface area contributed by atoms with Crippen LogP contribution in [-0.2, 0) is 26.2 Å². The number of carbonyl (C=O) groups excluding carboxylic acids is 2. The third-order valence-corrected chi connectivity index (χ3v) is 7.34. The lowest BCUT2D eigenvalue weighted by Gasteiger charge is -2.34. The molecule has 0 saturated carbocycles. The largest absolute Gasteiger partial charge is 0.348 e. The molecule has 1 atom stereocenters. The Balaban J connectivity index is 1.52. The number of amides is 2. The zero-order valence-electron chi connectivity index (χ0n) is 17.6. The molecule has 31 heavy (non-hydrogen) atoms. The Morgan fingerprint density at radius 1 is 1.03 bits per heavy atom. The Morgan fingerprint density at radius 2 is 1.71 bits per heavy atom. The van der Waals surface area contributed by atoms with Gasteiger partial charge in [0.1, 0.15) is 0 Å². The smallest absolute Gasteiger partial charge is 0.309 e. The van der Waals surface area contributed by atoms with Crippen molar-refractivity contribution in [2.45, 2.75) is 50.1 Å². The maximum absolute atomic E-state index is 13.1. The number of carbonyl (C=O) groups is 2. The zero-order chi connectivity index (χ0) is 22.3. The van der Waals surface area contributed by atoms with E-state index in [0.717, 1.165) is 30.4 Å². The molecular weight excluding hydrogens is 416 g/mol. The molecule has 1 aromatic carbocycles. The van der Waals surface area contributed by atoms with E-state index in [1.54, 1.807) is 48.8 Å². The lowest BCUT2D eigenvalue weighted by atomic mass is 10.0. The minimum Gasteiger partial charge on any atom is -0.348 e. The summed E-state index contributed by atoms with van der Waals surface area (Å²) in [5.41, 5.74) is 1.84. The van der Waals surface area contributed by atoms with Crippen LogP contribution in [0.3, 0.4) is 0 Å². The number of aromatic nitrogens is 1. The molecular formula is C22H28N4O4S. The average Bonchev–Trinajstić information content (AvgIpc) is 2.78. The van der Waals surface area contributed by atoms with Crippen LogP contribution in [-0.4, -0.2) is 48.7 Å². The van der Waals surface area contributed by atoms with Gasteiger partial charge in [0.2, 0.25) is 10.0 Å². The van der Waals surface area contributed by atoms with Crippen LogP contribution < -0.4 is 10.6 Å². The third-order valence-electron chi connectivity index (χ3n) is 5.37. The van der Waals surface area contributed by atoms with E-state index in [9.17, 15) is 18.0 Å². The fraction of sp³-hybridized carbons (Fsp3) is 0.409. The van der Waals surface area contributed by atoms with E-state index in [2.05, 4.69) is 15.6 Å². The summed E-state index contributed by atoms with van der Waals surface area (Å²) in [6.45, 7) is 2.84. The fourth-order valence-electron chi connectivity index (χ4n) is 3.62. The second-order valence-electron chi connectivity index (χ2n) is 7.66. The van der Waals surface area contributed by atoms with Crippen molar-refractivity contribution < 1.29 is 18.0 Å². The van der Waals surface area contributed by atoms with Gasteiger partial charge in [-0.15, -0.1) is 0 Å². The van der Waals surface area contributed by atoms with Crippen LogP contribution in [0.1, 0.15) is 36.8 Å². The molecule has 1 aromatic heterocycles. The predicted molar refractivity (Wildman–Crippen MR) is 116 cm³/mol. The molecule has 1 aliphatic heterocycles. The zero-order valence-corrected chi connectivity index (χ0v) is 18.4. The van der Waals surface area contributed by atoms with E-state index >= 15 is 0 Å². The van der Waals surface area contributed by atoms with Crippen molar-refractivity contribution >= 4 is 21.8 Å². The maximum Gasteiger partial charge on any atom is 0.309 e. The molecule has 0 radical (unpaired) electrons. The molecule has 3 rings (SSSR count). The Morgan fingerprint density at radius 3 is 2.42 bits per heavy atom. The lowest BCUT2D eigenvalue weighted by Crippen LogP contribution is -2.46. The molecule has 0 aliphatic carbocycles. The Bertz CT molecular complexity index is 994. The number of nitrogens with zero attached hydrogens (tertiary/aromatic N) is 2. The number of rotatable bonds is 7. The number of sulfonamides is 1. The second kappa shape index (κ2) is 10.5. The number of hydrogen-bond donors (Lipinski definition) is 2. The first-order valence-corrected chi connectivity index (χ1v) is 11.9. The predicted octanol–water partition coefficient (Wildman–Crippen LogP) is 1.76. The molecule has 2 amide bonds. The van der Waals surface area contributed by atoms with E-state index in [0.29, 0.717) is 13.0 Å². The standard InChI is InChI=1S/C22H28N4O4S/c1-17-5-7-20(8-6-17)31(29,30)26-15-3-2-4-19(26)11-14-24-21(27)22(28)25-16-18-9-12-23-13-10-18/h5-10,12-13,19H,2-4,11,14-16H2,1H3,(H,24,27)(H,25,28)/t19-/m1/s1. The van der Waals surface area contributed by atoms with Gasteiger partial charge >= 0.3 is 11.8 Å². The number of benzene rings is 1. The fourth-order valence-corrected chi connectivity index (χ4v) is 5.34. The van der Waals surface area contributed by atoms with Gasteiger partial charge in [0.25, 0.3) is 0 Å². The lowest BCUT2D eigenvalue weighted by molar-refractivity contribution is -0.139. The molecule has 0 spiro atoms. The Kier molecular flexibility index (Phi) is 7.75. The van der Waals surface area contributed by atoms with E-state index in [1.165, 1.54) is 4.31 Å². The van der Waals surface area contributed by atoms with E-state index in [-0.39, 0.29) is 24.0 Å². The first-order chi connectivity index (χ1) is 14.9. The van der Waals surface area contributed by atoms with E-state index in [1.807, 2.05) is 6.92 Å². The highest BCUT2D eigenvalue weighted by molar-refractivity contribution is 7.89. The summed E-state index contributed by atoms with van der Waals surface area (Å²) in [5.74, 6) is -1.44. The summed E-state index contributed by atoms with van der Waals surface area (Å²) in [6, 6.07) is 10.1. The van der Waals surface area contributed by atoms with Gasteiger partial charge < -0.3 is 10.6 Å². The van der Waals surface area contributed by atoms with E-state index < -0.39 is 21.8 Å². The summed E-state index contributed by atoms with van der Waals surface area (Å²) >= 11 is 0. The van der Waals surface area contributed by atoms with Crippen molar-refractivity contribution in [2.75, 3.05) is 13.1 Å². The van der Waals surface area contributed by atoms with Gasteiger partial charge in [-0.05, 0) is 56.0 Å². The molecule has 2 aromatic rings. The second-order valence-corrected chi connectivity index (χ2v) is 9.55. The minimum atomic E-state index is -3.60. The van der Waals surface area contributed by atoms with Gasteiger partial charge in [-0.1, -0.05) is 24.1 Å². The first kappa shape index (κ1) is 22.9. The molecule has 2 N–H and O–H groups in total. The maximum atomic E-state index is 13.1. The van der Waals surface area contributed by atoms with E-state index in [4.69, 9.17) is 0 Å². The minimum absolute atomic E-state index is 0.208. The summed E-state index contributed by atoms with van der Waals surface area (Å²) < 4.78 is 27.7. The van der Waals surface area contributed by atoms with Gasteiger partial charge in [0.15, 0.2) is 0 Å². The summed E-state index contributed by atoms with van der Waals surface area (Å²) in [7, 11) is -3.60. The Hall–Kier alpha value is -2.78. The number of pyridine rings is 1. The molecule has 1 saturated heterocycles. The number of aryl methyl sites for hydroxylation is 1. The van der Waals surface area contributed by atoms with Gasteiger partial charge in [-0.25, -0.2) is 8.42 Å². The topological polar surface area (TPSA) is 108 Å². The van der Waals surface area contributed by atoms with Crippen molar-refractivity contribution in [3.05, 3.63) is 59.9 Å². The van der Waals surface area contributed by atoms with Crippen molar-refractivity contribution in [3.8, 4) is 0 Å². The quantitative estimate of drug-likeness (QED) is 0.633. The van der Waals surface area contributed by atoms with Crippen LogP contribution >= 0.6 is 0 Å². The highest BCUT2D eigenvalue weighted by Gasteiger charge is 2.33. The molecule has 0 unspecified atom stereocenters. The third kappa shape index (κ3) is 6.11. The monoisotopic (exact) mass is 444 g/mol. The number of piperidine rings is 1. The highest BCUT2D eigenvalue weighted by Crippen LogP contribution is 2.27. The van der Waals surface area contributed by atoms with Crippen LogP contribution in [0.15, 0.2) is 53.7 Å². The molecule has 1 aliphatic rings. The van der Waals surface area contributed by atoms with Crippen molar-refractivity contribution in [1.82, 2.24) is 19.9 Å². The molecule has 166 valence electrons. The van der Waals surface area contributed by atoms with Crippen LogP contribution in [0.2, 0.25) is 0 Å². The SMILES string of the molecule is Cc1ccc(S(=O)(=O)N2CCCC[C@@H]2CCNC(=O)C(=O)NCc2ccncc2)cc1.